The molecule has 0 N–H and O–H groups in total. The van der Waals surface area contributed by atoms with Crippen LogP contribution in [0.5, 0.6) is 0 Å². The third-order valence-electron chi connectivity index (χ3n) is 3.51. The minimum atomic E-state index is 0.728. The van der Waals surface area contributed by atoms with Crippen LogP contribution in [0.2, 0.25) is 5.02 Å². The first-order chi connectivity index (χ1) is 9.49. The van der Waals surface area contributed by atoms with E-state index in [1.54, 1.807) is 0 Å². The first-order valence-corrected chi connectivity index (χ1v) is 7.05. The SMILES string of the molecule is C=C(Cc1ccc(C)cc1Cl)C(=C)c1ccccc1C. The Kier molecular flexibility index (Phi) is 4.46. The van der Waals surface area contributed by atoms with Crippen LogP contribution in [0.15, 0.2) is 61.2 Å². The van der Waals surface area contributed by atoms with Gasteiger partial charge in [0.2, 0.25) is 0 Å². The predicted molar refractivity (Wildman–Crippen MR) is 89.2 cm³/mol. The first-order valence-electron chi connectivity index (χ1n) is 6.67. The van der Waals surface area contributed by atoms with Crippen LogP contribution in [0, 0.1) is 13.8 Å². The van der Waals surface area contributed by atoms with Crippen LogP contribution in [0.25, 0.3) is 5.57 Å². The zero-order chi connectivity index (χ0) is 14.7. The van der Waals surface area contributed by atoms with Gasteiger partial charge in [0, 0.05) is 5.02 Å². The molecular weight excluding hydrogens is 264 g/mol. The fraction of sp³-hybridized carbons (Fsp3) is 0.158. The molecule has 0 spiro atoms. The lowest BCUT2D eigenvalue weighted by Gasteiger charge is -2.13. The summed E-state index contributed by atoms with van der Waals surface area (Å²) in [5, 5.41) is 0.795. The lowest BCUT2D eigenvalue weighted by atomic mass is 9.92. The Balaban J connectivity index is 2.20. The molecule has 0 saturated carbocycles. The van der Waals surface area contributed by atoms with E-state index in [2.05, 4.69) is 44.3 Å². The van der Waals surface area contributed by atoms with Gasteiger partial charge in [0.25, 0.3) is 0 Å². The topological polar surface area (TPSA) is 0 Å². The largest absolute Gasteiger partial charge is 0.0949 e. The first kappa shape index (κ1) is 14.6. The van der Waals surface area contributed by atoms with Crippen molar-refractivity contribution < 1.29 is 0 Å². The Morgan fingerprint density at radius 2 is 1.75 bits per heavy atom. The van der Waals surface area contributed by atoms with E-state index in [9.17, 15) is 0 Å². The van der Waals surface area contributed by atoms with E-state index in [0.717, 1.165) is 33.7 Å². The molecule has 2 aromatic carbocycles. The highest BCUT2D eigenvalue weighted by Gasteiger charge is 2.09. The van der Waals surface area contributed by atoms with Crippen molar-refractivity contribution in [1.29, 1.82) is 0 Å². The van der Waals surface area contributed by atoms with Crippen molar-refractivity contribution in [2.45, 2.75) is 20.3 Å². The Bertz CT molecular complexity index is 665. The molecule has 20 heavy (non-hydrogen) atoms. The molecule has 0 amide bonds. The van der Waals surface area contributed by atoms with E-state index >= 15 is 0 Å². The fourth-order valence-corrected chi connectivity index (χ4v) is 2.54. The maximum absolute atomic E-state index is 6.28. The van der Waals surface area contributed by atoms with Gasteiger partial charge >= 0.3 is 0 Å². The van der Waals surface area contributed by atoms with Crippen LogP contribution in [0.3, 0.4) is 0 Å². The molecule has 102 valence electrons. The molecule has 1 heteroatoms. The van der Waals surface area contributed by atoms with Crippen molar-refractivity contribution in [2.75, 3.05) is 0 Å². The fourth-order valence-electron chi connectivity index (χ4n) is 2.23. The number of halogens is 1. The van der Waals surface area contributed by atoms with Gasteiger partial charge in [0.1, 0.15) is 0 Å². The standard InChI is InChI=1S/C19H19Cl/c1-13-9-10-17(19(20)11-13)12-15(3)16(4)18-8-6-5-7-14(18)2/h5-11H,3-4,12H2,1-2H3. The molecule has 0 radical (unpaired) electrons. The maximum atomic E-state index is 6.28. The summed E-state index contributed by atoms with van der Waals surface area (Å²) in [6.07, 6.45) is 0.728. The quantitative estimate of drug-likeness (QED) is 0.625. The summed E-state index contributed by atoms with van der Waals surface area (Å²) >= 11 is 6.28. The van der Waals surface area contributed by atoms with E-state index in [4.69, 9.17) is 11.6 Å². The van der Waals surface area contributed by atoms with Gasteiger partial charge < -0.3 is 0 Å². The molecule has 2 rings (SSSR count). The maximum Gasteiger partial charge on any atom is 0.0444 e. The summed E-state index contributed by atoms with van der Waals surface area (Å²) in [5.74, 6) is 0. The van der Waals surface area contributed by atoms with Gasteiger partial charge in [-0.25, -0.2) is 0 Å². The van der Waals surface area contributed by atoms with Gasteiger partial charge in [-0.2, -0.15) is 0 Å². The summed E-state index contributed by atoms with van der Waals surface area (Å²) in [5.41, 5.74) is 6.62. The second-order valence-corrected chi connectivity index (χ2v) is 5.58. The van der Waals surface area contributed by atoms with E-state index in [1.165, 1.54) is 11.1 Å². The summed E-state index contributed by atoms with van der Waals surface area (Å²) < 4.78 is 0. The molecule has 0 bridgehead atoms. The van der Waals surface area contributed by atoms with Gasteiger partial charge in [-0.3, -0.25) is 0 Å². The highest BCUT2D eigenvalue weighted by Crippen LogP contribution is 2.28. The molecule has 0 atom stereocenters. The number of rotatable bonds is 4. The second kappa shape index (κ2) is 6.11. The summed E-state index contributed by atoms with van der Waals surface area (Å²) in [4.78, 5) is 0. The molecule has 0 aromatic heterocycles. The Labute approximate surface area is 126 Å². The monoisotopic (exact) mass is 282 g/mol. The third-order valence-corrected chi connectivity index (χ3v) is 3.86. The van der Waals surface area contributed by atoms with Crippen LogP contribution in [0.4, 0.5) is 0 Å². The smallest absolute Gasteiger partial charge is 0.0444 e. The normalized spacial score (nSPS) is 10.3. The molecule has 0 fully saturated rings. The Hall–Kier alpha value is -1.79. The van der Waals surface area contributed by atoms with Gasteiger partial charge in [-0.1, -0.05) is 61.2 Å². The highest BCUT2D eigenvalue weighted by molar-refractivity contribution is 6.31. The van der Waals surface area contributed by atoms with Crippen molar-refractivity contribution in [2.24, 2.45) is 0 Å². The van der Waals surface area contributed by atoms with E-state index in [-0.39, 0.29) is 0 Å². The molecule has 0 aliphatic carbocycles. The predicted octanol–water partition coefficient (Wildman–Crippen LogP) is 5.77. The second-order valence-electron chi connectivity index (χ2n) is 5.17. The van der Waals surface area contributed by atoms with Crippen molar-refractivity contribution in [1.82, 2.24) is 0 Å². The number of hydrogen-bond acceptors (Lipinski definition) is 0. The van der Waals surface area contributed by atoms with Crippen LogP contribution >= 0.6 is 11.6 Å². The van der Waals surface area contributed by atoms with Gasteiger partial charge in [0.05, 0.1) is 0 Å². The zero-order valence-electron chi connectivity index (χ0n) is 12.0. The van der Waals surface area contributed by atoms with E-state index in [0.29, 0.717) is 0 Å². The summed E-state index contributed by atoms with van der Waals surface area (Å²) in [6, 6.07) is 14.4. The van der Waals surface area contributed by atoms with Gasteiger partial charge in [-0.05, 0) is 59.7 Å². The molecule has 0 saturated heterocycles. The number of benzene rings is 2. The van der Waals surface area contributed by atoms with E-state index in [1.807, 2.05) is 25.1 Å². The summed E-state index contributed by atoms with van der Waals surface area (Å²) in [7, 11) is 0. The van der Waals surface area contributed by atoms with Crippen LogP contribution in [-0.2, 0) is 6.42 Å². The lowest BCUT2D eigenvalue weighted by Crippen LogP contribution is -1.96. The molecule has 0 nitrogen and oxygen atoms in total. The van der Waals surface area contributed by atoms with E-state index < -0.39 is 0 Å². The molecule has 0 heterocycles. The molecule has 0 aliphatic rings. The molecule has 0 unspecified atom stereocenters. The zero-order valence-corrected chi connectivity index (χ0v) is 12.8. The lowest BCUT2D eigenvalue weighted by molar-refractivity contribution is 1.20. The van der Waals surface area contributed by atoms with Crippen molar-refractivity contribution in [3.63, 3.8) is 0 Å². The number of hydrogen-bond donors (Lipinski definition) is 0. The average Bonchev–Trinajstić information content (AvgIpc) is 2.41. The number of aryl methyl sites for hydroxylation is 2. The van der Waals surface area contributed by atoms with Crippen LogP contribution in [0.1, 0.15) is 22.3 Å². The molecule has 2 aromatic rings. The average molecular weight is 283 g/mol. The van der Waals surface area contributed by atoms with Gasteiger partial charge in [-0.15, -0.1) is 0 Å². The highest BCUT2D eigenvalue weighted by atomic mass is 35.5. The third kappa shape index (κ3) is 3.20. The van der Waals surface area contributed by atoms with Crippen molar-refractivity contribution >= 4 is 17.2 Å². The molecular formula is C19H19Cl. The minimum Gasteiger partial charge on any atom is -0.0949 e. The Morgan fingerprint density at radius 1 is 1.05 bits per heavy atom. The summed E-state index contributed by atoms with van der Waals surface area (Å²) in [6.45, 7) is 12.5. The van der Waals surface area contributed by atoms with Crippen LogP contribution in [-0.4, -0.2) is 0 Å². The Morgan fingerprint density at radius 3 is 2.40 bits per heavy atom. The van der Waals surface area contributed by atoms with Gasteiger partial charge in [0.15, 0.2) is 0 Å². The molecule has 0 aliphatic heterocycles. The van der Waals surface area contributed by atoms with Crippen molar-refractivity contribution in [3.8, 4) is 0 Å². The van der Waals surface area contributed by atoms with Crippen molar-refractivity contribution in [3.05, 3.63) is 88.5 Å². The number of allylic oxidation sites excluding steroid dienone is 2. The minimum absolute atomic E-state index is 0.728. The van der Waals surface area contributed by atoms with Crippen LogP contribution < -0.4 is 0 Å².